The van der Waals surface area contributed by atoms with E-state index in [1.54, 1.807) is 0 Å². The number of hydrogen-bond acceptors (Lipinski definition) is 4. The fourth-order valence-corrected chi connectivity index (χ4v) is 5.25. The molecule has 2 aromatic rings. The summed E-state index contributed by atoms with van der Waals surface area (Å²) in [4.78, 5) is 17.9. The third-order valence-electron chi connectivity index (χ3n) is 6.82. The highest BCUT2D eigenvalue weighted by atomic mass is 16.7. The molecular weight excluding hydrogens is 376 g/mol. The zero-order chi connectivity index (χ0) is 20.3. The second-order valence-electron chi connectivity index (χ2n) is 8.75. The summed E-state index contributed by atoms with van der Waals surface area (Å²) in [7, 11) is 0. The van der Waals surface area contributed by atoms with Gasteiger partial charge in [0.15, 0.2) is 11.5 Å². The fourth-order valence-electron chi connectivity index (χ4n) is 5.25. The molecule has 5 heteroatoms. The van der Waals surface area contributed by atoms with Crippen molar-refractivity contribution in [2.75, 3.05) is 33.0 Å². The van der Waals surface area contributed by atoms with Crippen LogP contribution < -0.4 is 9.47 Å². The maximum Gasteiger partial charge on any atom is 0.231 e. The molecule has 0 unspecified atom stereocenters. The molecule has 2 aromatic carbocycles. The highest BCUT2D eigenvalue weighted by Crippen LogP contribution is 2.34. The standard InChI is InChI=1S/C25H30N2O3/c28-25(16-20-8-9-23-24(15-20)30-18-29-23)27-12-4-7-21-17-26(14-11-22(21)27)13-10-19-5-2-1-3-6-19/h1-3,5-6,8-9,15,21-22H,4,7,10-14,16-18H2/t21-,22+/m1/s1. The van der Waals surface area contributed by atoms with E-state index in [-0.39, 0.29) is 12.7 Å². The number of ether oxygens (including phenoxy) is 2. The summed E-state index contributed by atoms with van der Waals surface area (Å²) in [6.07, 6.45) is 4.98. The number of amides is 1. The van der Waals surface area contributed by atoms with Gasteiger partial charge in [-0.3, -0.25) is 4.79 Å². The Kier molecular flexibility index (Phi) is 5.63. The number of rotatable bonds is 5. The van der Waals surface area contributed by atoms with Crippen molar-refractivity contribution < 1.29 is 14.3 Å². The van der Waals surface area contributed by atoms with Gasteiger partial charge in [-0.25, -0.2) is 0 Å². The van der Waals surface area contributed by atoms with Crippen molar-refractivity contribution in [3.63, 3.8) is 0 Å². The number of benzene rings is 2. The van der Waals surface area contributed by atoms with Gasteiger partial charge >= 0.3 is 0 Å². The fraction of sp³-hybridized carbons (Fsp3) is 0.480. The van der Waals surface area contributed by atoms with Crippen LogP contribution in [0.15, 0.2) is 48.5 Å². The summed E-state index contributed by atoms with van der Waals surface area (Å²) in [5.41, 5.74) is 2.41. The Labute approximate surface area is 178 Å². The Hall–Kier alpha value is -2.53. The van der Waals surface area contributed by atoms with E-state index >= 15 is 0 Å². The highest BCUT2D eigenvalue weighted by molar-refractivity contribution is 5.79. The Morgan fingerprint density at radius 2 is 1.83 bits per heavy atom. The zero-order valence-corrected chi connectivity index (χ0v) is 17.5. The molecule has 0 saturated carbocycles. The van der Waals surface area contributed by atoms with Gasteiger partial charge in [0.25, 0.3) is 0 Å². The molecule has 3 heterocycles. The first-order chi connectivity index (χ1) is 14.8. The molecule has 0 N–H and O–H groups in total. The van der Waals surface area contributed by atoms with Crippen molar-refractivity contribution in [1.29, 1.82) is 0 Å². The van der Waals surface area contributed by atoms with E-state index in [9.17, 15) is 4.79 Å². The first-order valence-electron chi connectivity index (χ1n) is 11.2. The Morgan fingerprint density at radius 3 is 2.73 bits per heavy atom. The number of fused-ring (bicyclic) bond motifs is 2. The Bertz CT molecular complexity index is 885. The topological polar surface area (TPSA) is 42.0 Å². The molecule has 2 fully saturated rings. The van der Waals surface area contributed by atoms with Crippen molar-refractivity contribution in [1.82, 2.24) is 9.80 Å². The smallest absolute Gasteiger partial charge is 0.231 e. The van der Waals surface area contributed by atoms with Crippen LogP contribution in [0.1, 0.15) is 30.4 Å². The van der Waals surface area contributed by atoms with Crippen LogP contribution in [0, 0.1) is 5.92 Å². The monoisotopic (exact) mass is 406 g/mol. The zero-order valence-electron chi connectivity index (χ0n) is 17.5. The van der Waals surface area contributed by atoms with Crippen LogP contribution in [-0.4, -0.2) is 54.7 Å². The van der Waals surface area contributed by atoms with E-state index in [1.807, 2.05) is 18.2 Å². The molecular formula is C25H30N2O3. The Balaban J connectivity index is 1.18. The van der Waals surface area contributed by atoms with Gasteiger partial charge in [0, 0.05) is 32.2 Å². The SMILES string of the molecule is O=C(Cc1ccc2c(c1)OCO2)N1CCC[C@@H]2CN(CCc3ccccc3)CC[C@@H]21. The lowest BCUT2D eigenvalue weighted by Crippen LogP contribution is -2.56. The third kappa shape index (κ3) is 4.17. The van der Waals surface area contributed by atoms with Crippen molar-refractivity contribution in [2.24, 2.45) is 5.92 Å². The first-order valence-corrected chi connectivity index (χ1v) is 11.2. The van der Waals surface area contributed by atoms with Crippen LogP contribution in [-0.2, 0) is 17.6 Å². The average Bonchev–Trinajstić information content (AvgIpc) is 3.25. The van der Waals surface area contributed by atoms with Crippen molar-refractivity contribution in [3.8, 4) is 11.5 Å². The number of likely N-dealkylation sites (tertiary alicyclic amines) is 2. The van der Waals surface area contributed by atoms with Crippen LogP contribution in [0.3, 0.4) is 0 Å². The van der Waals surface area contributed by atoms with Gasteiger partial charge in [-0.2, -0.15) is 0 Å². The number of hydrogen-bond donors (Lipinski definition) is 0. The van der Waals surface area contributed by atoms with Crippen molar-refractivity contribution >= 4 is 5.91 Å². The molecule has 0 aliphatic carbocycles. The van der Waals surface area contributed by atoms with Crippen molar-refractivity contribution in [3.05, 3.63) is 59.7 Å². The van der Waals surface area contributed by atoms with Crippen LogP contribution in [0.5, 0.6) is 11.5 Å². The van der Waals surface area contributed by atoms with Gasteiger partial charge in [0.2, 0.25) is 12.7 Å². The minimum absolute atomic E-state index is 0.251. The summed E-state index contributed by atoms with van der Waals surface area (Å²) in [5.74, 6) is 2.38. The third-order valence-corrected chi connectivity index (χ3v) is 6.82. The van der Waals surface area contributed by atoms with Gasteiger partial charge in [-0.05, 0) is 54.9 Å². The maximum absolute atomic E-state index is 13.2. The lowest BCUT2D eigenvalue weighted by Gasteiger charge is -2.47. The lowest BCUT2D eigenvalue weighted by atomic mass is 9.83. The van der Waals surface area contributed by atoms with Gasteiger partial charge in [-0.15, -0.1) is 0 Å². The molecule has 30 heavy (non-hydrogen) atoms. The average molecular weight is 407 g/mol. The number of nitrogens with zero attached hydrogens (tertiary/aromatic N) is 2. The largest absolute Gasteiger partial charge is 0.454 e. The molecule has 5 nitrogen and oxygen atoms in total. The van der Waals surface area contributed by atoms with Crippen LogP contribution in [0.25, 0.3) is 0 Å². The molecule has 0 spiro atoms. The molecule has 2 saturated heterocycles. The lowest BCUT2D eigenvalue weighted by molar-refractivity contribution is -0.137. The molecule has 0 radical (unpaired) electrons. The van der Waals surface area contributed by atoms with E-state index in [4.69, 9.17) is 9.47 Å². The van der Waals surface area contributed by atoms with Gasteiger partial charge < -0.3 is 19.3 Å². The van der Waals surface area contributed by atoms with E-state index in [0.717, 1.165) is 62.5 Å². The summed E-state index contributed by atoms with van der Waals surface area (Å²) in [5, 5.41) is 0. The van der Waals surface area contributed by atoms with Crippen LogP contribution >= 0.6 is 0 Å². The first kappa shape index (κ1) is 19.4. The van der Waals surface area contributed by atoms with Crippen LogP contribution in [0.2, 0.25) is 0 Å². The number of carbonyl (C=O) groups excluding carboxylic acids is 1. The number of piperidine rings is 2. The van der Waals surface area contributed by atoms with Crippen molar-refractivity contribution in [2.45, 2.75) is 38.1 Å². The molecule has 2 atom stereocenters. The minimum Gasteiger partial charge on any atom is -0.454 e. The van der Waals surface area contributed by atoms with Gasteiger partial charge in [-0.1, -0.05) is 36.4 Å². The molecule has 0 bridgehead atoms. The minimum atomic E-state index is 0.251. The molecule has 3 aliphatic heterocycles. The highest BCUT2D eigenvalue weighted by Gasteiger charge is 2.37. The van der Waals surface area contributed by atoms with E-state index in [2.05, 4.69) is 40.1 Å². The normalized spacial score (nSPS) is 23.3. The summed E-state index contributed by atoms with van der Waals surface area (Å²) in [6, 6.07) is 17.0. The summed E-state index contributed by atoms with van der Waals surface area (Å²) in [6.45, 7) is 4.48. The summed E-state index contributed by atoms with van der Waals surface area (Å²) >= 11 is 0. The molecule has 158 valence electrons. The molecule has 1 amide bonds. The predicted octanol–water partition coefficient (Wildman–Crippen LogP) is 3.51. The quantitative estimate of drug-likeness (QED) is 0.762. The Morgan fingerprint density at radius 1 is 0.967 bits per heavy atom. The van der Waals surface area contributed by atoms with E-state index < -0.39 is 0 Å². The predicted molar refractivity (Wildman–Crippen MR) is 116 cm³/mol. The summed E-state index contributed by atoms with van der Waals surface area (Å²) < 4.78 is 10.8. The van der Waals surface area contributed by atoms with Crippen LogP contribution in [0.4, 0.5) is 0 Å². The number of carbonyl (C=O) groups is 1. The molecule has 3 aliphatic rings. The van der Waals surface area contributed by atoms with Gasteiger partial charge in [0.05, 0.1) is 6.42 Å². The molecule has 0 aromatic heterocycles. The molecule has 5 rings (SSSR count). The van der Waals surface area contributed by atoms with E-state index in [0.29, 0.717) is 18.4 Å². The van der Waals surface area contributed by atoms with E-state index in [1.165, 1.54) is 12.0 Å². The second-order valence-corrected chi connectivity index (χ2v) is 8.75. The maximum atomic E-state index is 13.2. The second kappa shape index (κ2) is 8.68. The van der Waals surface area contributed by atoms with Gasteiger partial charge in [0.1, 0.15) is 0 Å².